The molecule has 0 spiro atoms. The third kappa shape index (κ3) is 4.68. The second-order valence-electron chi connectivity index (χ2n) is 7.42. The molecule has 1 fully saturated rings. The molecule has 3 aromatic rings. The van der Waals surface area contributed by atoms with Crippen molar-refractivity contribution in [2.75, 3.05) is 26.2 Å². The molecule has 0 saturated carbocycles. The Morgan fingerprint density at radius 1 is 1.23 bits per heavy atom. The summed E-state index contributed by atoms with van der Waals surface area (Å²) in [5.41, 5.74) is 1.56. The Bertz CT molecular complexity index is 1020. The van der Waals surface area contributed by atoms with Gasteiger partial charge in [0, 0.05) is 50.0 Å². The molecule has 4 rings (SSSR count). The number of hydrogen-bond donors (Lipinski definition) is 0. The number of amides is 1. The van der Waals surface area contributed by atoms with Crippen molar-refractivity contribution in [2.24, 2.45) is 0 Å². The van der Waals surface area contributed by atoms with Gasteiger partial charge in [-0.1, -0.05) is 5.16 Å². The second-order valence-corrected chi connectivity index (χ2v) is 8.20. The fraction of sp³-hybridized carbons (Fsp3) is 0.429. The third-order valence-corrected chi connectivity index (χ3v) is 5.95. The number of aromatic nitrogens is 2. The number of furan rings is 1. The van der Waals surface area contributed by atoms with Crippen molar-refractivity contribution in [3.8, 4) is 11.4 Å². The Kier molecular flexibility index (Phi) is 6.10. The number of carbonyl (C=O) groups is 2. The maximum Gasteiger partial charge on any atom is 0.241 e. The lowest BCUT2D eigenvalue weighted by Crippen LogP contribution is -2.48. The van der Waals surface area contributed by atoms with Crippen LogP contribution in [0, 0.1) is 6.92 Å². The SMILES string of the molecule is CC(=O)c1cc(CCC(=O)N2CCN(Cc3nc(-c4ccsc4)no3)CC2)oc1C. The molecule has 0 radical (unpaired) electrons. The molecule has 0 aliphatic carbocycles. The normalized spacial score (nSPS) is 14.9. The third-order valence-electron chi connectivity index (χ3n) is 5.26. The van der Waals surface area contributed by atoms with Crippen LogP contribution >= 0.6 is 11.3 Å². The van der Waals surface area contributed by atoms with Gasteiger partial charge in [0.15, 0.2) is 5.78 Å². The van der Waals surface area contributed by atoms with Crippen LogP contribution in [-0.2, 0) is 17.8 Å². The predicted octanol–water partition coefficient (Wildman–Crippen LogP) is 3.18. The standard InChI is InChI=1S/C21H24N4O4S/c1-14(26)18-11-17(28-15(18)2)3-4-20(27)25-8-6-24(7-9-25)12-19-22-21(23-29-19)16-5-10-30-13-16/h5,10-11,13H,3-4,6-9,12H2,1-2H3. The Labute approximate surface area is 178 Å². The average Bonchev–Trinajstić information content (AvgIpc) is 3.47. The molecule has 1 aliphatic heterocycles. The number of ketones is 1. The first-order valence-corrected chi connectivity index (χ1v) is 10.9. The molecule has 1 amide bonds. The van der Waals surface area contributed by atoms with Crippen LogP contribution in [0.15, 0.2) is 31.8 Å². The molecule has 1 aliphatic rings. The van der Waals surface area contributed by atoms with Crippen molar-refractivity contribution in [2.45, 2.75) is 33.2 Å². The number of piperazine rings is 1. The summed E-state index contributed by atoms with van der Waals surface area (Å²) in [5.74, 6) is 2.58. The highest BCUT2D eigenvalue weighted by Gasteiger charge is 2.23. The maximum absolute atomic E-state index is 12.6. The number of Topliss-reactive ketones (excluding diaryl/α,β-unsaturated/α-hetero) is 1. The molecule has 8 nitrogen and oxygen atoms in total. The summed E-state index contributed by atoms with van der Waals surface area (Å²) in [5, 5.41) is 8.01. The number of nitrogens with zero attached hydrogens (tertiary/aromatic N) is 4. The summed E-state index contributed by atoms with van der Waals surface area (Å²) in [4.78, 5) is 32.6. The Morgan fingerprint density at radius 2 is 2.03 bits per heavy atom. The lowest BCUT2D eigenvalue weighted by Gasteiger charge is -2.34. The zero-order chi connectivity index (χ0) is 21.1. The van der Waals surface area contributed by atoms with E-state index in [2.05, 4.69) is 15.0 Å². The molecule has 0 atom stereocenters. The van der Waals surface area contributed by atoms with Gasteiger partial charge in [-0.15, -0.1) is 0 Å². The number of carbonyl (C=O) groups excluding carboxylic acids is 2. The van der Waals surface area contributed by atoms with Crippen molar-refractivity contribution in [3.05, 3.63) is 45.9 Å². The van der Waals surface area contributed by atoms with Crippen LogP contribution in [0.2, 0.25) is 0 Å². The first-order chi connectivity index (χ1) is 14.5. The zero-order valence-electron chi connectivity index (χ0n) is 17.1. The average molecular weight is 429 g/mol. The molecule has 9 heteroatoms. The lowest BCUT2D eigenvalue weighted by atomic mass is 10.1. The number of rotatable bonds is 7. The highest BCUT2D eigenvalue weighted by molar-refractivity contribution is 7.08. The minimum atomic E-state index is -0.0198. The molecule has 3 aromatic heterocycles. The van der Waals surface area contributed by atoms with Crippen molar-refractivity contribution < 1.29 is 18.5 Å². The summed E-state index contributed by atoms with van der Waals surface area (Å²) in [6, 6.07) is 3.71. The van der Waals surface area contributed by atoms with Gasteiger partial charge < -0.3 is 13.8 Å². The van der Waals surface area contributed by atoms with Crippen LogP contribution in [0.4, 0.5) is 0 Å². The van der Waals surface area contributed by atoms with Crippen LogP contribution < -0.4 is 0 Å². The van der Waals surface area contributed by atoms with E-state index in [4.69, 9.17) is 8.94 Å². The van der Waals surface area contributed by atoms with Gasteiger partial charge >= 0.3 is 0 Å². The molecule has 0 unspecified atom stereocenters. The molecule has 4 heterocycles. The van der Waals surface area contributed by atoms with Crippen molar-refractivity contribution in [1.29, 1.82) is 0 Å². The number of hydrogen-bond acceptors (Lipinski definition) is 8. The highest BCUT2D eigenvalue weighted by atomic mass is 32.1. The summed E-state index contributed by atoms with van der Waals surface area (Å²) < 4.78 is 11.0. The minimum absolute atomic E-state index is 0.0198. The minimum Gasteiger partial charge on any atom is -0.466 e. The monoisotopic (exact) mass is 428 g/mol. The fourth-order valence-electron chi connectivity index (χ4n) is 3.58. The molecule has 158 valence electrons. The van der Waals surface area contributed by atoms with Crippen LogP contribution in [-0.4, -0.2) is 57.8 Å². The Balaban J connectivity index is 1.23. The zero-order valence-corrected chi connectivity index (χ0v) is 17.9. The fourth-order valence-corrected chi connectivity index (χ4v) is 4.21. The summed E-state index contributed by atoms with van der Waals surface area (Å²) in [6.07, 6.45) is 0.873. The van der Waals surface area contributed by atoms with Crippen molar-refractivity contribution in [1.82, 2.24) is 19.9 Å². The Hall–Kier alpha value is -2.78. The van der Waals surface area contributed by atoms with Gasteiger partial charge in [-0.2, -0.15) is 16.3 Å². The van der Waals surface area contributed by atoms with Gasteiger partial charge in [0.1, 0.15) is 11.5 Å². The van der Waals surface area contributed by atoms with E-state index in [-0.39, 0.29) is 11.7 Å². The van der Waals surface area contributed by atoms with Crippen LogP contribution in [0.3, 0.4) is 0 Å². The summed E-state index contributed by atoms with van der Waals surface area (Å²) >= 11 is 1.60. The van der Waals surface area contributed by atoms with Crippen molar-refractivity contribution in [3.63, 3.8) is 0 Å². The van der Waals surface area contributed by atoms with E-state index >= 15 is 0 Å². The Morgan fingerprint density at radius 3 is 2.70 bits per heavy atom. The second kappa shape index (κ2) is 8.93. The van der Waals surface area contributed by atoms with E-state index in [1.165, 1.54) is 6.92 Å². The summed E-state index contributed by atoms with van der Waals surface area (Å²) in [6.45, 7) is 6.73. The highest BCUT2D eigenvalue weighted by Crippen LogP contribution is 2.20. The quantitative estimate of drug-likeness (QED) is 0.534. The molecule has 0 aromatic carbocycles. The van der Waals surface area contributed by atoms with E-state index in [0.717, 1.165) is 18.7 Å². The van der Waals surface area contributed by atoms with Gasteiger partial charge in [0.25, 0.3) is 0 Å². The predicted molar refractivity (Wildman–Crippen MR) is 111 cm³/mol. The van der Waals surface area contributed by atoms with Gasteiger partial charge in [0.2, 0.25) is 17.6 Å². The van der Waals surface area contributed by atoms with E-state index in [1.54, 1.807) is 24.3 Å². The first kappa shape index (κ1) is 20.5. The molecule has 0 N–H and O–H groups in total. The van der Waals surface area contributed by atoms with Gasteiger partial charge in [0.05, 0.1) is 12.1 Å². The maximum atomic E-state index is 12.6. The number of aryl methyl sites for hydroxylation is 2. The largest absolute Gasteiger partial charge is 0.466 e. The van der Waals surface area contributed by atoms with E-state index in [0.29, 0.717) is 61.3 Å². The van der Waals surface area contributed by atoms with E-state index < -0.39 is 0 Å². The topological polar surface area (TPSA) is 92.7 Å². The molecule has 1 saturated heterocycles. The van der Waals surface area contributed by atoms with Crippen LogP contribution in [0.1, 0.15) is 41.1 Å². The molecular formula is C21H24N4O4S. The first-order valence-electron chi connectivity index (χ1n) is 9.95. The van der Waals surface area contributed by atoms with E-state index in [1.807, 2.05) is 21.7 Å². The molecule has 0 bridgehead atoms. The van der Waals surface area contributed by atoms with Gasteiger partial charge in [-0.3, -0.25) is 14.5 Å². The van der Waals surface area contributed by atoms with Crippen LogP contribution in [0.5, 0.6) is 0 Å². The van der Waals surface area contributed by atoms with Gasteiger partial charge in [-0.05, 0) is 31.4 Å². The lowest BCUT2D eigenvalue weighted by molar-refractivity contribution is -0.133. The van der Waals surface area contributed by atoms with Crippen LogP contribution in [0.25, 0.3) is 11.4 Å². The van der Waals surface area contributed by atoms with Crippen molar-refractivity contribution >= 4 is 23.0 Å². The smallest absolute Gasteiger partial charge is 0.241 e. The summed E-state index contributed by atoms with van der Waals surface area (Å²) in [7, 11) is 0. The number of thiophene rings is 1. The molecular weight excluding hydrogens is 404 g/mol. The van der Waals surface area contributed by atoms with E-state index in [9.17, 15) is 9.59 Å². The molecule has 30 heavy (non-hydrogen) atoms. The van der Waals surface area contributed by atoms with Gasteiger partial charge in [-0.25, -0.2) is 0 Å².